The van der Waals surface area contributed by atoms with Gasteiger partial charge in [-0.05, 0) is 20.8 Å². The van der Waals surface area contributed by atoms with Crippen molar-refractivity contribution in [1.82, 2.24) is 0 Å². The highest BCUT2D eigenvalue weighted by atomic mass is 28.3. The average molecular weight is 195 g/mol. The Morgan fingerprint density at radius 2 is 1.08 bits per heavy atom. The van der Waals surface area contributed by atoms with Crippen molar-refractivity contribution in [1.29, 1.82) is 0 Å². The molecule has 0 aliphatic heterocycles. The van der Waals surface area contributed by atoms with Gasteiger partial charge in [-0.3, -0.25) is 0 Å². The first kappa shape index (κ1) is 14.6. The Labute approximate surface area is 77.0 Å². The lowest BCUT2D eigenvalue weighted by Crippen LogP contribution is -2.26. The summed E-state index contributed by atoms with van der Waals surface area (Å²) in [6.07, 6.45) is 0. The molecule has 0 rings (SSSR count). The van der Waals surface area contributed by atoms with Gasteiger partial charge in [0.25, 0.3) is 0 Å². The van der Waals surface area contributed by atoms with Crippen LogP contribution in [0, 0.1) is 0 Å². The Morgan fingerprint density at radius 1 is 0.917 bits per heavy atom. The van der Waals surface area contributed by atoms with Crippen molar-refractivity contribution in [2.24, 2.45) is 5.73 Å². The van der Waals surface area contributed by atoms with E-state index in [9.17, 15) is 0 Å². The Balaban J connectivity index is 0. The van der Waals surface area contributed by atoms with Crippen molar-refractivity contribution in [3.63, 3.8) is 0 Å². The van der Waals surface area contributed by atoms with Crippen LogP contribution in [0.1, 0.15) is 20.8 Å². The number of hydrogen-bond acceptors (Lipinski definition) is 4. The summed E-state index contributed by atoms with van der Waals surface area (Å²) in [5, 5.41) is 0. The van der Waals surface area contributed by atoms with Crippen LogP contribution in [-0.2, 0) is 13.3 Å². The summed E-state index contributed by atoms with van der Waals surface area (Å²) >= 11 is 0. The fourth-order valence-corrected chi connectivity index (χ4v) is 0.866. The molecule has 0 saturated carbocycles. The highest BCUT2D eigenvalue weighted by Gasteiger charge is 2.04. The Bertz CT molecular complexity index is 79.6. The molecule has 0 amide bonds. The third kappa shape index (κ3) is 22.5. The van der Waals surface area contributed by atoms with E-state index in [1.165, 1.54) is 0 Å². The van der Waals surface area contributed by atoms with E-state index in [-0.39, 0.29) is 5.54 Å². The Hall–Kier alpha value is 0.0569. The highest BCUT2D eigenvalue weighted by molar-refractivity contribution is 6.36. The van der Waals surface area contributed by atoms with Gasteiger partial charge in [-0.15, -0.1) is 0 Å². The first-order valence-electron chi connectivity index (χ1n) is 3.72. The molecule has 0 heterocycles. The molecule has 0 radical (unpaired) electrons. The SMILES string of the molecule is CC(C)(C)N.CO[SiH](OC)OC. The summed E-state index contributed by atoms with van der Waals surface area (Å²) < 4.78 is 14.2. The summed E-state index contributed by atoms with van der Waals surface area (Å²) in [6.45, 7) is 5.90. The molecule has 0 aliphatic rings. The topological polar surface area (TPSA) is 53.7 Å². The second-order valence-corrected chi connectivity index (χ2v) is 5.35. The molecule has 0 spiro atoms. The molecule has 0 unspecified atom stereocenters. The van der Waals surface area contributed by atoms with Gasteiger partial charge in [0.15, 0.2) is 0 Å². The van der Waals surface area contributed by atoms with Gasteiger partial charge in [-0.25, -0.2) is 0 Å². The van der Waals surface area contributed by atoms with E-state index < -0.39 is 9.53 Å². The normalized spacial score (nSPS) is 11.0. The quantitative estimate of drug-likeness (QED) is 0.662. The lowest BCUT2D eigenvalue weighted by atomic mass is 10.1. The fourth-order valence-electron chi connectivity index (χ4n) is 0.289. The van der Waals surface area contributed by atoms with E-state index in [1.807, 2.05) is 20.8 Å². The molecule has 4 nitrogen and oxygen atoms in total. The standard InChI is InChI=1S/C4H11N.C3H10O3Si/c1-4(2,3)5;1-4-7(5-2)6-3/h5H2,1-3H3;7H,1-3H3. The molecule has 0 atom stereocenters. The molecule has 5 heteroatoms. The molecule has 0 aromatic carbocycles. The first-order chi connectivity index (χ1) is 5.35. The van der Waals surface area contributed by atoms with Crippen LogP contribution >= 0.6 is 0 Å². The summed E-state index contributed by atoms with van der Waals surface area (Å²) in [7, 11) is 3.05. The molecule has 0 fully saturated rings. The molecule has 0 bridgehead atoms. The highest BCUT2D eigenvalue weighted by Crippen LogP contribution is 1.88. The average Bonchev–Trinajstić information content (AvgIpc) is 1.88. The van der Waals surface area contributed by atoms with Gasteiger partial charge in [0, 0.05) is 26.9 Å². The van der Waals surface area contributed by atoms with E-state index in [0.717, 1.165) is 0 Å². The Morgan fingerprint density at radius 3 is 1.08 bits per heavy atom. The second kappa shape index (κ2) is 7.69. The summed E-state index contributed by atoms with van der Waals surface area (Å²) in [5.41, 5.74) is 5.35. The summed E-state index contributed by atoms with van der Waals surface area (Å²) in [4.78, 5) is 0. The Kier molecular flexibility index (Phi) is 9.34. The van der Waals surface area contributed by atoms with Crippen molar-refractivity contribution in [2.75, 3.05) is 21.3 Å². The van der Waals surface area contributed by atoms with Crippen LogP contribution < -0.4 is 5.73 Å². The van der Waals surface area contributed by atoms with Crippen LogP contribution in [0.5, 0.6) is 0 Å². The van der Waals surface area contributed by atoms with Crippen LogP contribution in [0.4, 0.5) is 0 Å². The van der Waals surface area contributed by atoms with Gasteiger partial charge in [0.05, 0.1) is 0 Å². The van der Waals surface area contributed by atoms with Crippen molar-refractivity contribution in [3.8, 4) is 0 Å². The molecule has 0 aliphatic carbocycles. The smallest absolute Gasteiger partial charge is 0.379 e. The summed E-state index contributed by atoms with van der Waals surface area (Å²) in [5.74, 6) is 0. The van der Waals surface area contributed by atoms with Crippen LogP contribution in [-0.4, -0.2) is 36.4 Å². The minimum absolute atomic E-state index is 0. The third-order valence-electron chi connectivity index (χ3n) is 0.577. The number of hydrogen-bond donors (Lipinski definition) is 1. The monoisotopic (exact) mass is 195 g/mol. The number of nitrogens with two attached hydrogens (primary N) is 1. The van der Waals surface area contributed by atoms with Gasteiger partial charge in [-0.2, -0.15) is 0 Å². The minimum atomic E-state index is -1.67. The zero-order valence-electron chi connectivity index (χ0n) is 8.88. The molecular formula is C7H21NO3Si. The molecule has 76 valence electrons. The molecule has 2 N–H and O–H groups in total. The van der Waals surface area contributed by atoms with Gasteiger partial charge in [0.2, 0.25) is 0 Å². The van der Waals surface area contributed by atoms with Gasteiger partial charge in [-0.1, -0.05) is 0 Å². The summed E-state index contributed by atoms with van der Waals surface area (Å²) in [6, 6.07) is 0. The maximum absolute atomic E-state index is 5.35. The molecule has 0 saturated heterocycles. The van der Waals surface area contributed by atoms with Crippen LogP contribution in [0.25, 0.3) is 0 Å². The van der Waals surface area contributed by atoms with Crippen molar-refractivity contribution in [2.45, 2.75) is 26.3 Å². The largest absolute Gasteiger partial charge is 0.483 e. The van der Waals surface area contributed by atoms with E-state index in [0.29, 0.717) is 0 Å². The molecule has 0 aromatic heterocycles. The fraction of sp³-hybridized carbons (Fsp3) is 1.00. The van der Waals surface area contributed by atoms with E-state index >= 15 is 0 Å². The minimum Gasteiger partial charge on any atom is -0.379 e. The van der Waals surface area contributed by atoms with E-state index in [4.69, 9.17) is 19.0 Å². The maximum atomic E-state index is 5.35. The molecule has 0 aromatic rings. The predicted octanol–water partition coefficient (Wildman–Crippen LogP) is 0.386. The zero-order chi connectivity index (χ0) is 10.2. The van der Waals surface area contributed by atoms with E-state index in [2.05, 4.69) is 0 Å². The predicted molar refractivity (Wildman–Crippen MR) is 52.1 cm³/mol. The molecule has 12 heavy (non-hydrogen) atoms. The molecular weight excluding hydrogens is 174 g/mol. The third-order valence-corrected chi connectivity index (χ3v) is 1.73. The van der Waals surface area contributed by atoms with Crippen molar-refractivity contribution >= 4 is 9.53 Å². The second-order valence-electron chi connectivity index (χ2n) is 3.36. The van der Waals surface area contributed by atoms with Gasteiger partial charge >= 0.3 is 9.53 Å². The van der Waals surface area contributed by atoms with Crippen LogP contribution in [0.3, 0.4) is 0 Å². The number of rotatable bonds is 3. The van der Waals surface area contributed by atoms with Crippen molar-refractivity contribution in [3.05, 3.63) is 0 Å². The maximum Gasteiger partial charge on any atom is 0.483 e. The first-order valence-corrected chi connectivity index (χ1v) is 5.13. The van der Waals surface area contributed by atoms with Crippen LogP contribution in [0.2, 0.25) is 0 Å². The van der Waals surface area contributed by atoms with Gasteiger partial charge < -0.3 is 19.0 Å². The van der Waals surface area contributed by atoms with Crippen molar-refractivity contribution < 1.29 is 13.3 Å². The van der Waals surface area contributed by atoms with Gasteiger partial charge in [0.1, 0.15) is 0 Å². The van der Waals surface area contributed by atoms with Crippen LogP contribution in [0.15, 0.2) is 0 Å². The lowest BCUT2D eigenvalue weighted by molar-refractivity contribution is 0.163. The van der Waals surface area contributed by atoms with E-state index in [1.54, 1.807) is 21.3 Å². The zero-order valence-corrected chi connectivity index (χ0v) is 10.0. The lowest BCUT2D eigenvalue weighted by Gasteiger charge is -2.06.